The van der Waals surface area contributed by atoms with Gasteiger partial charge in [0, 0.05) is 5.69 Å². The minimum atomic E-state index is -3.67. The van der Waals surface area contributed by atoms with Crippen molar-refractivity contribution in [1.29, 1.82) is 5.26 Å². The number of nitrogens with one attached hydrogen (secondary N) is 1. The van der Waals surface area contributed by atoms with Crippen LogP contribution in [0.1, 0.15) is 12.5 Å². The third-order valence-corrected chi connectivity index (χ3v) is 6.38. The van der Waals surface area contributed by atoms with E-state index in [4.69, 9.17) is 5.26 Å². The van der Waals surface area contributed by atoms with Crippen molar-refractivity contribution in [2.24, 2.45) is 0 Å². The van der Waals surface area contributed by atoms with Crippen molar-refractivity contribution in [3.05, 3.63) is 47.3 Å². The summed E-state index contributed by atoms with van der Waals surface area (Å²) < 4.78 is 24.6. The maximum Gasteiger partial charge on any atom is 0.242 e. The molecule has 0 aliphatic heterocycles. The summed E-state index contributed by atoms with van der Waals surface area (Å²) in [5, 5.41) is 11.7. The van der Waals surface area contributed by atoms with Gasteiger partial charge in [-0.1, -0.05) is 6.07 Å². The number of benzene rings is 1. The largest absolute Gasteiger partial charge is 0.325 e. The molecule has 0 fully saturated rings. The van der Waals surface area contributed by atoms with E-state index in [1.54, 1.807) is 35.7 Å². The highest BCUT2D eigenvalue weighted by atomic mass is 32.2. The molecule has 0 bridgehead atoms. The Kier molecular flexibility index (Phi) is 4.40. The molecule has 5 nitrogen and oxygen atoms in total. The lowest BCUT2D eigenvalue weighted by molar-refractivity contribution is -0.115. The standard InChI is InChI=1S/C14H12N2O3S2/c1-10(21(18,19)13-3-2-8-20-13)14(17)16-12-6-4-11(9-15)5-7-12/h2-8,10H,1H3,(H,16,17). The second kappa shape index (κ2) is 6.08. The summed E-state index contributed by atoms with van der Waals surface area (Å²) in [6.07, 6.45) is 0. The van der Waals surface area contributed by atoms with Crippen LogP contribution >= 0.6 is 11.3 Å². The number of thiophene rings is 1. The van der Waals surface area contributed by atoms with E-state index in [0.29, 0.717) is 11.3 Å². The molecule has 0 spiro atoms. The summed E-state index contributed by atoms with van der Waals surface area (Å²) >= 11 is 1.08. The highest BCUT2D eigenvalue weighted by molar-refractivity contribution is 7.94. The Bertz CT molecular complexity index is 773. The van der Waals surface area contributed by atoms with Gasteiger partial charge < -0.3 is 5.32 Å². The molecular weight excluding hydrogens is 308 g/mol. The summed E-state index contributed by atoms with van der Waals surface area (Å²) in [6, 6.07) is 11.3. The zero-order valence-corrected chi connectivity index (χ0v) is 12.7. The van der Waals surface area contributed by atoms with Crippen molar-refractivity contribution in [1.82, 2.24) is 0 Å². The van der Waals surface area contributed by atoms with E-state index < -0.39 is 21.0 Å². The molecule has 0 saturated carbocycles. The van der Waals surface area contributed by atoms with Crippen molar-refractivity contribution >= 4 is 32.8 Å². The Labute approximate surface area is 126 Å². The average molecular weight is 320 g/mol. The molecule has 1 atom stereocenters. The van der Waals surface area contributed by atoms with Gasteiger partial charge >= 0.3 is 0 Å². The molecule has 2 aromatic rings. The van der Waals surface area contributed by atoms with Crippen LogP contribution in [0.5, 0.6) is 0 Å². The molecule has 1 N–H and O–H groups in total. The number of amides is 1. The summed E-state index contributed by atoms with van der Waals surface area (Å²) in [6.45, 7) is 1.36. The molecular formula is C14H12N2O3S2. The Morgan fingerprint density at radius 1 is 1.29 bits per heavy atom. The van der Waals surface area contributed by atoms with Gasteiger partial charge in [0.25, 0.3) is 0 Å². The van der Waals surface area contributed by atoms with Gasteiger partial charge in [-0.3, -0.25) is 4.79 Å². The van der Waals surface area contributed by atoms with Crippen LogP contribution < -0.4 is 5.32 Å². The third kappa shape index (κ3) is 3.29. The lowest BCUT2D eigenvalue weighted by Crippen LogP contribution is -2.32. The van der Waals surface area contributed by atoms with E-state index in [1.807, 2.05) is 6.07 Å². The van der Waals surface area contributed by atoms with Crippen molar-refractivity contribution in [3.63, 3.8) is 0 Å². The SMILES string of the molecule is CC(C(=O)Nc1ccc(C#N)cc1)S(=O)(=O)c1cccs1. The first-order valence-corrected chi connectivity index (χ1v) is 8.46. The molecule has 2 rings (SSSR count). The average Bonchev–Trinajstić information content (AvgIpc) is 3.02. The van der Waals surface area contributed by atoms with Crippen LogP contribution in [0.25, 0.3) is 0 Å². The fraction of sp³-hybridized carbons (Fsp3) is 0.143. The number of carbonyl (C=O) groups is 1. The summed E-state index contributed by atoms with van der Waals surface area (Å²) in [7, 11) is -3.67. The van der Waals surface area contributed by atoms with E-state index in [-0.39, 0.29) is 4.21 Å². The number of hydrogen-bond acceptors (Lipinski definition) is 5. The molecule has 0 saturated heterocycles. The Balaban J connectivity index is 2.14. The van der Waals surface area contributed by atoms with E-state index in [0.717, 1.165) is 11.3 Å². The molecule has 0 radical (unpaired) electrons. The van der Waals surface area contributed by atoms with Crippen molar-refractivity contribution in [3.8, 4) is 6.07 Å². The molecule has 108 valence electrons. The number of nitrogens with zero attached hydrogens (tertiary/aromatic N) is 1. The van der Waals surface area contributed by atoms with Crippen LogP contribution in [0.2, 0.25) is 0 Å². The highest BCUT2D eigenvalue weighted by Crippen LogP contribution is 2.22. The van der Waals surface area contributed by atoms with E-state index >= 15 is 0 Å². The first kappa shape index (κ1) is 15.2. The van der Waals surface area contributed by atoms with Gasteiger partial charge in [0.1, 0.15) is 9.46 Å². The van der Waals surface area contributed by atoms with Crippen LogP contribution in [0, 0.1) is 11.3 Å². The second-order valence-electron chi connectivity index (χ2n) is 4.30. The van der Waals surface area contributed by atoms with Crippen LogP contribution in [-0.2, 0) is 14.6 Å². The zero-order chi connectivity index (χ0) is 15.5. The quantitative estimate of drug-likeness (QED) is 0.937. The van der Waals surface area contributed by atoms with Crippen LogP contribution in [0.3, 0.4) is 0 Å². The molecule has 1 unspecified atom stereocenters. The van der Waals surface area contributed by atoms with E-state index in [2.05, 4.69) is 5.32 Å². The number of carbonyl (C=O) groups excluding carboxylic acids is 1. The molecule has 1 heterocycles. The molecule has 1 aromatic carbocycles. The van der Waals surface area contributed by atoms with Crippen molar-refractivity contribution in [2.75, 3.05) is 5.32 Å². The number of sulfone groups is 1. The minimum absolute atomic E-state index is 0.171. The topological polar surface area (TPSA) is 87.0 Å². The summed E-state index contributed by atoms with van der Waals surface area (Å²) in [5.74, 6) is -0.604. The van der Waals surface area contributed by atoms with Gasteiger partial charge in [0.05, 0.1) is 11.6 Å². The summed E-state index contributed by atoms with van der Waals surface area (Å²) in [5.41, 5.74) is 0.916. The molecule has 0 aliphatic carbocycles. The van der Waals surface area contributed by atoms with Gasteiger partial charge in [0.2, 0.25) is 5.91 Å². The zero-order valence-electron chi connectivity index (χ0n) is 11.1. The maximum atomic E-state index is 12.2. The van der Waals surface area contributed by atoms with Gasteiger partial charge in [-0.2, -0.15) is 5.26 Å². The fourth-order valence-electron chi connectivity index (χ4n) is 1.61. The monoisotopic (exact) mass is 320 g/mol. The first-order chi connectivity index (χ1) is 9.95. The van der Waals surface area contributed by atoms with Gasteiger partial charge in [-0.25, -0.2) is 8.42 Å². The maximum absolute atomic E-state index is 12.2. The van der Waals surface area contributed by atoms with Gasteiger partial charge in [-0.15, -0.1) is 11.3 Å². The number of hydrogen-bond donors (Lipinski definition) is 1. The van der Waals surface area contributed by atoms with E-state index in [1.165, 1.54) is 13.0 Å². The van der Waals surface area contributed by atoms with Crippen LogP contribution in [0.15, 0.2) is 46.0 Å². The predicted octanol–water partition coefficient (Wildman–Crippen LogP) is 2.42. The number of nitriles is 1. The third-order valence-electron chi connectivity index (χ3n) is 2.89. The van der Waals surface area contributed by atoms with Crippen molar-refractivity contribution < 1.29 is 13.2 Å². The minimum Gasteiger partial charge on any atom is -0.325 e. The first-order valence-electron chi connectivity index (χ1n) is 6.03. The Morgan fingerprint density at radius 2 is 1.95 bits per heavy atom. The van der Waals surface area contributed by atoms with Crippen LogP contribution in [0.4, 0.5) is 5.69 Å². The fourth-order valence-corrected chi connectivity index (χ4v) is 4.15. The number of anilines is 1. The van der Waals surface area contributed by atoms with Gasteiger partial charge in [-0.05, 0) is 42.6 Å². The van der Waals surface area contributed by atoms with Gasteiger partial charge in [0.15, 0.2) is 9.84 Å². The molecule has 1 aromatic heterocycles. The van der Waals surface area contributed by atoms with Crippen molar-refractivity contribution in [2.45, 2.75) is 16.4 Å². The Hall–Kier alpha value is -2.17. The molecule has 7 heteroatoms. The summed E-state index contributed by atoms with van der Waals surface area (Å²) in [4.78, 5) is 12.1. The molecule has 1 amide bonds. The van der Waals surface area contributed by atoms with Crippen LogP contribution in [-0.4, -0.2) is 19.6 Å². The highest BCUT2D eigenvalue weighted by Gasteiger charge is 2.30. The number of rotatable bonds is 4. The Morgan fingerprint density at radius 3 is 2.48 bits per heavy atom. The smallest absolute Gasteiger partial charge is 0.242 e. The van der Waals surface area contributed by atoms with E-state index in [9.17, 15) is 13.2 Å². The lowest BCUT2D eigenvalue weighted by atomic mass is 10.2. The molecule has 21 heavy (non-hydrogen) atoms. The molecule has 0 aliphatic rings. The second-order valence-corrected chi connectivity index (χ2v) is 7.74. The lowest BCUT2D eigenvalue weighted by Gasteiger charge is -2.12. The predicted molar refractivity (Wildman–Crippen MR) is 80.8 cm³/mol. The normalized spacial score (nSPS) is 12.4.